The van der Waals surface area contributed by atoms with Gasteiger partial charge in [-0.15, -0.1) is 0 Å². The number of carbonyl (C=O) groups is 1. The van der Waals surface area contributed by atoms with Gasteiger partial charge in [0.2, 0.25) is 0 Å². The van der Waals surface area contributed by atoms with Crippen molar-refractivity contribution in [1.29, 1.82) is 0 Å². The molecule has 0 radical (unpaired) electrons. The van der Waals surface area contributed by atoms with Crippen LogP contribution in [-0.4, -0.2) is 22.0 Å². The average molecular weight is 497 g/mol. The molecule has 8 heteroatoms. The van der Waals surface area contributed by atoms with E-state index in [0.717, 1.165) is 43.5 Å². The molecular formula is C27H23F3N2O2S. The highest BCUT2D eigenvalue weighted by molar-refractivity contribution is 8.18. The topological polar surface area (TPSA) is 45.8 Å². The molecule has 1 aliphatic heterocycles. The van der Waals surface area contributed by atoms with Gasteiger partial charge in [0.1, 0.15) is 11.5 Å². The lowest BCUT2D eigenvalue weighted by atomic mass is 9.94. The Kier molecular flexibility index (Phi) is 6.56. The number of rotatable bonds is 4. The number of hydrogen-bond acceptors (Lipinski definition) is 4. The van der Waals surface area contributed by atoms with Gasteiger partial charge < -0.3 is 4.42 Å². The summed E-state index contributed by atoms with van der Waals surface area (Å²) < 4.78 is 45.1. The van der Waals surface area contributed by atoms with E-state index in [1.807, 2.05) is 30.3 Å². The molecule has 1 amide bonds. The molecule has 180 valence electrons. The van der Waals surface area contributed by atoms with Crippen molar-refractivity contribution in [3.8, 4) is 11.3 Å². The zero-order valence-electron chi connectivity index (χ0n) is 18.8. The average Bonchev–Trinajstić information content (AvgIpc) is 3.44. The Morgan fingerprint density at radius 3 is 2.49 bits per heavy atom. The predicted octanol–water partition coefficient (Wildman–Crippen LogP) is 7.90. The van der Waals surface area contributed by atoms with Gasteiger partial charge in [-0.2, -0.15) is 13.2 Å². The fourth-order valence-corrected chi connectivity index (χ4v) is 5.44. The van der Waals surface area contributed by atoms with Crippen LogP contribution >= 0.6 is 11.8 Å². The standard InChI is InChI=1S/C27H23F3N2O2S/c28-27(29,30)19-9-7-8-18(16-19)23-15-14-22(34-23)17-24-25(33)32(21-12-5-2-6-13-21)26(35-24)31-20-10-3-1-4-11-20/h1,3-4,7-11,14-17,21H,2,5-6,12-13H2/b24-17-,31-26?. The Hall–Kier alpha value is -3.26. The summed E-state index contributed by atoms with van der Waals surface area (Å²) in [6.07, 6.45) is 2.42. The maximum Gasteiger partial charge on any atom is 0.416 e. The summed E-state index contributed by atoms with van der Waals surface area (Å²) in [7, 11) is 0. The monoisotopic (exact) mass is 496 g/mol. The molecule has 2 heterocycles. The van der Waals surface area contributed by atoms with Crippen LogP contribution in [0.1, 0.15) is 43.4 Å². The lowest BCUT2D eigenvalue weighted by molar-refractivity contribution is -0.137. The van der Waals surface area contributed by atoms with Crippen molar-refractivity contribution >= 4 is 34.6 Å². The summed E-state index contributed by atoms with van der Waals surface area (Å²) in [6, 6.07) is 17.9. The molecule has 1 aliphatic carbocycles. The number of alkyl halides is 3. The zero-order chi connectivity index (χ0) is 24.4. The van der Waals surface area contributed by atoms with Crippen LogP contribution in [0.2, 0.25) is 0 Å². The van der Waals surface area contributed by atoms with Crippen LogP contribution in [0.3, 0.4) is 0 Å². The number of aliphatic imine (C=N–C) groups is 1. The molecule has 35 heavy (non-hydrogen) atoms. The molecule has 2 aliphatic rings. The number of thioether (sulfide) groups is 1. The lowest BCUT2D eigenvalue weighted by Gasteiger charge is -2.30. The van der Waals surface area contributed by atoms with Crippen LogP contribution in [0, 0.1) is 0 Å². The van der Waals surface area contributed by atoms with Crippen molar-refractivity contribution in [2.24, 2.45) is 4.99 Å². The molecule has 1 saturated heterocycles. The predicted molar refractivity (Wildman–Crippen MR) is 132 cm³/mol. The summed E-state index contributed by atoms with van der Waals surface area (Å²) in [4.78, 5) is 20.5. The molecular weight excluding hydrogens is 473 g/mol. The Morgan fingerprint density at radius 2 is 1.74 bits per heavy atom. The number of amidine groups is 1. The van der Waals surface area contributed by atoms with Gasteiger partial charge in [0.15, 0.2) is 5.17 Å². The minimum absolute atomic E-state index is 0.106. The van der Waals surface area contributed by atoms with Gasteiger partial charge in [-0.25, -0.2) is 4.99 Å². The van der Waals surface area contributed by atoms with Gasteiger partial charge in [0.05, 0.1) is 16.2 Å². The van der Waals surface area contributed by atoms with Gasteiger partial charge in [-0.05, 0) is 61.0 Å². The van der Waals surface area contributed by atoms with Gasteiger partial charge in [0, 0.05) is 17.7 Å². The van der Waals surface area contributed by atoms with Gasteiger partial charge in [-0.1, -0.05) is 49.6 Å². The Bertz CT molecular complexity index is 1270. The van der Waals surface area contributed by atoms with Crippen LogP contribution in [0.25, 0.3) is 17.4 Å². The molecule has 0 atom stereocenters. The number of benzene rings is 2. The summed E-state index contributed by atoms with van der Waals surface area (Å²) in [5, 5.41) is 0.643. The molecule has 4 nitrogen and oxygen atoms in total. The van der Waals surface area contributed by atoms with Crippen molar-refractivity contribution in [3.63, 3.8) is 0 Å². The van der Waals surface area contributed by atoms with E-state index in [1.54, 1.807) is 29.2 Å². The van der Waals surface area contributed by atoms with Crippen molar-refractivity contribution in [3.05, 3.63) is 83.0 Å². The Morgan fingerprint density at radius 1 is 0.971 bits per heavy atom. The van der Waals surface area contributed by atoms with Gasteiger partial charge >= 0.3 is 6.18 Å². The number of para-hydroxylation sites is 1. The summed E-state index contributed by atoms with van der Waals surface area (Å²) in [6.45, 7) is 0. The molecule has 0 N–H and O–H groups in total. The number of carbonyl (C=O) groups excluding carboxylic acids is 1. The molecule has 0 spiro atoms. The highest BCUT2D eigenvalue weighted by atomic mass is 32.2. The largest absolute Gasteiger partial charge is 0.457 e. The van der Waals surface area contributed by atoms with E-state index in [1.165, 1.54) is 24.2 Å². The van der Waals surface area contributed by atoms with Crippen molar-refractivity contribution in [2.45, 2.75) is 44.3 Å². The fraction of sp³-hybridized carbons (Fsp3) is 0.259. The summed E-state index contributed by atoms with van der Waals surface area (Å²) >= 11 is 1.30. The third-order valence-electron chi connectivity index (χ3n) is 6.13. The third kappa shape index (κ3) is 5.22. The van der Waals surface area contributed by atoms with Gasteiger partial charge in [-0.3, -0.25) is 9.69 Å². The molecule has 0 unspecified atom stereocenters. The second-order valence-corrected chi connectivity index (χ2v) is 9.60. The number of furan rings is 1. The molecule has 1 saturated carbocycles. The highest BCUT2D eigenvalue weighted by Crippen LogP contribution is 2.39. The minimum Gasteiger partial charge on any atom is -0.457 e. The summed E-state index contributed by atoms with van der Waals surface area (Å²) in [5.41, 5.74) is 0.359. The first-order valence-corrected chi connectivity index (χ1v) is 12.3. The van der Waals surface area contributed by atoms with Crippen molar-refractivity contribution in [2.75, 3.05) is 0 Å². The van der Waals surface area contributed by atoms with E-state index >= 15 is 0 Å². The molecule has 2 fully saturated rings. The van der Waals surface area contributed by atoms with E-state index < -0.39 is 11.7 Å². The maximum atomic E-state index is 13.4. The van der Waals surface area contributed by atoms with E-state index in [-0.39, 0.29) is 11.9 Å². The Labute approximate surface area is 205 Å². The minimum atomic E-state index is -4.43. The Balaban J connectivity index is 1.44. The second kappa shape index (κ2) is 9.77. The number of nitrogens with zero attached hydrogens (tertiary/aromatic N) is 2. The summed E-state index contributed by atoms with van der Waals surface area (Å²) in [5.74, 6) is 0.590. The first-order valence-electron chi connectivity index (χ1n) is 11.5. The van der Waals surface area contributed by atoms with Crippen molar-refractivity contribution in [1.82, 2.24) is 4.90 Å². The molecule has 3 aromatic rings. The van der Waals surface area contributed by atoms with E-state index in [0.29, 0.717) is 27.2 Å². The maximum absolute atomic E-state index is 13.4. The van der Waals surface area contributed by atoms with E-state index in [9.17, 15) is 18.0 Å². The first kappa shape index (κ1) is 23.5. The van der Waals surface area contributed by atoms with Gasteiger partial charge in [0.25, 0.3) is 5.91 Å². The molecule has 2 aromatic carbocycles. The molecule has 0 bridgehead atoms. The zero-order valence-corrected chi connectivity index (χ0v) is 19.6. The van der Waals surface area contributed by atoms with Crippen LogP contribution in [0.5, 0.6) is 0 Å². The van der Waals surface area contributed by atoms with Crippen molar-refractivity contribution < 1.29 is 22.4 Å². The highest BCUT2D eigenvalue weighted by Gasteiger charge is 2.39. The number of hydrogen-bond donors (Lipinski definition) is 0. The molecule has 5 rings (SSSR count). The van der Waals surface area contributed by atoms with Crippen LogP contribution in [-0.2, 0) is 11.0 Å². The number of amides is 1. The van der Waals surface area contributed by atoms with Crippen LogP contribution in [0.4, 0.5) is 18.9 Å². The van der Waals surface area contributed by atoms with Crippen LogP contribution < -0.4 is 0 Å². The van der Waals surface area contributed by atoms with Crippen LogP contribution in [0.15, 0.2) is 81.0 Å². The smallest absolute Gasteiger partial charge is 0.416 e. The second-order valence-electron chi connectivity index (χ2n) is 8.59. The first-order chi connectivity index (χ1) is 16.9. The normalized spacial score (nSPS) is 19.7. The third-order valence-corrected chi connectivity index (χ3v) is 7.12. The quantitative estimate of drug-likeness (QED) is 0.345. The fourth-order valence-electron chi connectivity index (χ4n) is 4.40. The molecule has 1 aromatic heterocycles. The van der Waals surface area contributed by atoms with E-state index in [2.05, 4.69) is 0 Å². The SMILES string of the molecule is O=C1/C(=C/c2ccc(-c3cccc(C(F)(F)F)c3)o2)SC(=Nc2ccccc2)N1C1CCCCC1. The lowest BCUT2D eigenvalue weighted by Crippen LogP contribution is -2.40. The van der Waals surface area contributed by atoms with E-state index in [4.69, 9.17) is 9.41 Å². The number of halogens is 3.